The predicted molar refractivity (Wildman–Crippen MR) is 78.5 cm³/mol. The second kappa shape index (κ2) is 5.27. The number of fused-ring (bicyclic) bond motifs is 1. The summed E-state index contributed by atoms with van der Waals surface area (Å²) in [5.74, 6) is 0.108. The Bertz CT molecular complexity index is 744. The van der Waals surface area contributed by atoms with Gasteiger partial charge in [0.1, 0.15) is 0 Å². The van der Waals surface area contributed by atoms with E-state index in [4.69, 9.17) is 5.73 Å². The van der Waals surface area contributed by atoms with Crippen LogP contribution in [0.1, 0.15) is 21.5 Å². The van der Waals surface area contributed by atoms with Crippen molar-refractivity contribution in [3.8, 4) is 0 Å². The molecule has 3 rings (SSSR count). The molecule has 4 heteroatoms. The summed E-state index contributed by atoms with van der Waals surface area (Å²) in [7, 11) is 0. The average Bonchev–Trinajstić information content (AvgIpc) is 2.95. The lowest BCUT2D eigenvalue weighted by Crippen LogP contribution is -2.04. The summed E-state index contributed by atoms with van der Waals surface area (Å²) in [5.41, 5.74) is 9.27. The Hall–Kier alpha value is -2.46. The van der Waals surface area contributed by atoms with Crippen molar-refractivity contribution in [3.63, 3.8) is 0 Å². The minimum absolute atomic E-state index is 0.108. The fourth-order valence-corrected chi connectivity index (χ4v) is 2.22. The molecule has 2 aromatic carbocycles. The van der Waals surface area contributed by atoms with Crippen molar-refractivity contribution in [3.05, 3.63) is 65.4 Å². The quantitative estimate of drug-likeness (QED) is 0.712. The number of carbonyl (C=O) groups excluding carboxylic acids is 1. The molecule has 0 amide bonds. The van der Waals surface area contributed by atoms with Gasteiger partial charge in [0.25, 0.3) is 0 Å². The number of aromatic nitrogens is 2. The van der Waals surface area contributed by atoms with Crippen LogP contribution < -0.4 is 5.73 Å². The molecule has 0 saturated carbocycles. The number of benzene rings is 2. The molecule has 3 N–H and O–H groups in total. The van der Waals surface area contributed by atoms with Crippen LogP contribution in [0.25, 0.3) is 10.9 Å². The fraction of sp³-hybridized carbons (Fsp3) is 0.125. The molecule has 100 valence electrons. The van der Waals surface area contributed by atoms with Crippen LogP contribution >= 0.6 is 0 Å². The molecular formula is C16H15N3O. The zero-order valence-electron chi connectivity index (χ0n) is 11.0. The monoisotopic (exact) mass is 265 g/mol. The molecule has 1 aromatic heterocycles. The Morgan fingerprint density at radius 2 is 1.85 bits per heavy atom. The van der Waals surface area contributed by atoms with Gasteiger partial charge in [-0.05, 0) is 23.3 Å². The van der Waals surface area contributed by atoms with Crippen LogP contribution in [0.5, 0.6) is 0 Å². The second-order valence-corrected chi connectivity index (χ2v) is 4.79. The summed E-state index contributed by atoms with van der Waals surface area (Å²) < 4.78 is 0. The minimum atomic E-state index is 0.108. The first-order chi connectivity index (χ1) is 9.76. The first-order valence-electron chi connectivity index (χ1n) is 6.50. The smallest absolute Gasteiger partial charge is 0.167 e. The molecule has 0 fully saturated rings. The van der Waals surface area contributed by atoms with Crippen molar-refractivity contribution >= 4 is 16.7 Å². The Balaban J connectivity index is 1.80. The lowest BCUT2D eigenvalue weighted by atomic mass is 10.0. The Labute approximate surface area is 116 Å². The van der Waals surface area contributed by atoms with Crippen molar-refractivity contribution in [1.29, 1.82) is 0 Å². The first kappa shape index (κ1) is 12.6. The molecule has 0 spiro atoms. The minimum Gasteiger partial charge on any atom is -0.326 e. The maximum atomic E-state index is 12.2. The molecule has 20 heavy (non-hydrogen) atoms. The third kappa shape index (κ3) is 2.46. The summed E-state index contributed by atoms with van der Waals surface area (Å²) >= 11 is 0. The zero-order valence-corrected chi connectivity index (χ0v) is 11.0. The summed E-state index contributed by atoms with van der Waals surface area (Å²) in [6, 6.07) is 13.3. The van der Waals surface area contributed by atoms with Gasteiger partial charge in [-0.15, -0.1) is 0 Å². The molecule has 0 aliphatic carbocycles. The van der Waals surface area contributed by atoms with E-state index in [2.05, 4.69) is 10.2 Å². The van der Waals surface area contributed by atoms with Gasteiger partial charge in [-0.1, -0.05) is 30.3 Å². The van der Waals surface area contributed by atoms with Gasteiger partial charge in [0.2, 0.25) is 0 Å². The lowest BCUT2D eigenvalue weighted by molar-refractivity contribution is 0.0993. The van der Waals surface area contributed by atoms with E-state index in [1.807, 2.05) is 42.5 Å². The van der Waals surface area contributed by atoms with Gasteiger partial charge in [0, 0.05) is 23.9 Å². The highest BCUT2D eigenvalue weighted by molar-refractivity contribution is 5.98. The van der Waals surface area contributed by atoms with Crippen molar-refractivity contribution in [2.24, 2.45) is 5.73 Å². The summed E-state index contributed by atoms with van der Waals surface area (Å²) in [6.45, 7) is 0.492. The van der Waals surface area contributed by atoms with E-state index in [1.54, 1.807) is 6.20 Å². The number of H-pyrrole nitrogens is 1. The standard InChI is InChI=1S/C16H15N3O/c17-9-11-1-4-13(5-2-11)16(20)8-12-3-6-15-14(7-12)10-18-19-15/h1-7,10H,8-9,17H2,(H,18,19). The van der Waals surface area contributed by atoms with E-state index in [9.17, 15) is 4.79 Å². The molecule has 0 radical (unpaired) electrons. The molecule has 1 heterocycles. The van der Waals surface area contributed by atoms with Crippen molar-refractivity contribution in [1.82, 2.24) is 10.2 Å². The molecule has 0 saturated heterocycles. The van der Waals surface area contributed by atoms with E-state index in [0.717, 1.165) is 27.6 Å². The number of hydrogen-bond donors (Lipinski definition) is 2. The average molecular weight is 265 g/mol. The number of hydrogen-bond acceptors (Lipinski definition) is 3. The molecule has 0 bridgehead atoms. The molecular weight excluding hydrogens is 250 g/mol. The van der Waals surface area contributed by atoms with Gasteiger partial charge >= 0.3 is 0 Å². The molecule has 0 aliphatic rings. The maximum Gasteiger partial charge on any atom is 0.167 e. The fourth-order valence-electron chi connectivity index (χ4n) is 2.22. The van der Waals surface area contributed by atoms with Crippen molar-refractivity contribution in [2.45, 2.75) is 13.0 Å². The highest BCUT2D eigenvalue weighted by Gasteiger charge is 2.08. The van der Waals surface area contributed by atoms with E-state index in [1.165, 1.54) is 0 Å². The van der Waals surface area contributed by atoms with Crippen LogP contribution in [-0.2, 0) is 13.0 Å². The number of carbonyl (C=O) groups is 1. The van der Waals surface area contributed by atoms with Gasteiger partial charge < -0.3 is 5.73 Å². The number of rotatable bonds is 4. The summed E-state index contributed by atoms with van der Waals surface area (Å²) in [5, 5.41) is 7.90. The van der Waals surface area contributed by atoms with Gasteiger partial charge in [-0.2, -0.15) is 5.10 Å². The SMILES string of the molecule is NCc1ccc(C(=O)Cc2ccc3[nH]ncc3c2)cc1. The predicted octanol–water partition coefficient (Wildman–Crippen LogP) is 2.45. The first-order valence-corrected chi connectivity index (χ1v) is 6.50. The highest BCUT2D eigenvalue weighted by atomic mass is 16.1. The summed E-state index contributed by atoms with van der Waals surface area (Å²) in [6.07, 6.45) is 2.16. The number of nitrogens with two attached hydrogens (primary N) is 1. The molecule has 0 atom stereocenters. The van der Waals surface area contributed by atoms with Crippen LogP contribution in [0.3, 0.4) is 0 Å². The van der Waals surface area contributed by atoms with Gasteiger partial charge in [-0.25, -0.2) is 0 Å². The van der Waals surface area contributed by atoms with Gasteiger partial charge in [-0.3, -0.25) is 9.89 Å². The van der Waals surface area contributed by atoms with Crippen LogP contribution in [0.2, 0.25) is 0 Å². The van der Waals surface area contributed by atoms with E-state index in [-0.39, 0.29) is 5.78 Å². The van der Waals surface area contributed by atoms with E-state index >= 15 is 0 Å². The third-order valence-corrected chi connectivity index (χ3v) is 3.38. The van der Waals surface area contributed by atoms with Gasteiger partial charge in [0.05, 0.1) is 11.7 Å². The Morgan fingerprint density at radius 3 is 2.60 bits per heavy atom. The highest BCUT2D eigenvalue weighted by Crippen LogP contribution is 2.15. The molecule has 4 nitrogen and oxygen atoms in total. The lowest BCUT2D eigenvalue weighted by Gasteiger charge is -2.03. The number of ketones is 1. The van der Waals surface area contributed by atoms with Gasteiger partial charge in [0.15, 0.2) is 5.78 Å². The Morgan fingerprint density at radius 1 is 1.10 bits per heavy atom. The number of nitrogens with one attached hydrogen (secondary N) is 1. The number of Topliss-reactive ketones (excluding diaryl/α,β-unsaturated/α-hetero) is 1. The van der Waals surface area contributed by atoms with Crippen molar-refractivity contribution in [2.75, 3.05) is 0 Å². The zero-order chi connectivity index (χ0) is 13.9. The Kier molecular flexibility index (Phi) is 3.31. The second-order valence-electron chi connectivity index (χ2n) is 4.79. The van der Waals surface area contributed by atoms with E-state index < -0.39 is 0 Å². The topological polar surface area (TPSA) is 71.8 Å². The van der Waals surface area contributed by atoms with Crippen LogP contribution in [-0.4, -0.2) is 16.0 Å². The third-order valence-electron chi connectivity index (χ3n) is 3.38. The van der Waals surface area contributed by atoms with Crippen LogP contribution in [0.4, 0.5) is 0 Å². The van der Waals surface area contributed by atoms with E-state index in [0.29, 0.717) is 13.0 Å². The number of nitrogens with zero attached hydrogens (tertiary/aromatic N) is 1. The molecule has 0 unspecified atom stereocenters. The maximum absolute atomic E-state index is 12.2. The normalized spacial score (nSPS) is 10.8. The molecule has 3 aromatic rings. The largest absolute Gasteiger partial charge is 0.326 e. The summed E-state index contributed by atoms with van der Waals surface area (Å²) in [4.78, 5) is 12.2. The number of aromatic amines is 1. The molecule has 0 aliphatic heterocycles. The van der Waals surface area contributed by atoms with Crippen molar-refractivity contribution < 1.29 is 4.79 Å². The van der Waals surface area contributed by atoms with Crippen LogP contribution in [0, 0.1) is 0 Å². The van der Waals surface area contributed by atoms with Crippen LogP contribution in [0.15, 0.2) is 48.7 Å².